The van der Waals surface area contributed by atoms with Crippen molar-refractivity contribution >= 4 is 28.7 Å². The van der Waals surface area contributed by atoms with Crippen molar-refractivity contribution in [2.24, 2.45) is 0 Å². The second-order valence-electron chi connectivity index (χ2n) is 7.47. The molecule has 1 heterocycles. The minimum absolute atomic E-state index is 0.0548. The number of halogens is 1. The van der Waals surface area contributed by atoms with Gasteiger partial charge in [-0.3, -0.25) is 14.9 Å². The van der Waals surface area contributed by atoms with Crippen molar-refractivity contribution < 1.29 is 23.1 Å². The summed E-state index contributed by atoms with van der Waals surface area (Å²) in [5, 5.41) is 5.83. The number of benzene rings is 2. The minimum Gasteiger partial charge on any atom is -0.451 e. The Kier molecular flexibility index (Phi) is 5.97. The number of carbonyl (C=O) groups is 2. The van der Waals surface area contributed by atoms with Crippen LogP contribution in [-0.4, -0.2) is 24.1 Å². The van der Waals surface area contributed by atoms with Gasteiger partial charge < -0.3 is 14.5 Å². The van der Waals surface area contributed by atoms with Crippen molar-refractivity contribution in [3.8, 4) is 0 Å². The van der Waals surface area contributed by atoms with E-state index in [9.17, 15) is 18.8 Å². The average molecular weight is 424 g/mol. The predicted molar refractivity (Wildman–Crippen MR) is 112 cm³/mol. The molecule has 1 aliphatic rings. The number of anilines is 1. The molecule has 0 aliphatic heterocycles. The molecule has 2 aromatic carbocycles. The molecule has 3 aromatic rings. The molecule has 4 rings (SSSR count). The first-order valence-electron chi connectivity index (χ1n) is 10.0. The molecule has 0 unspecified atom stereocenters. The first-order chi connectivity index (χ1) is 15.0. The molecular weight excluding hydrogens is 403 g/mol. The van der Waals surface area contributed by atoms with Gasteiger partial charge in [-0.1, -0.05) is 12.1 Å². The lowest BCUT2D eigenvalue weighted by Gasteiger charge is -2.29. The lowest BCUT2D eigenvalue weighted by Crippen LogP contribution is -2.41. The summed E-state index contributed by atoms with van der Waals surface area (Å²) in [5.41, 5.74) is 0.496. The summed E-state index contributed by atoms with van der Waals surface area (Å²) in [6.07, 6.45) is 1.60. The van der Waals surface area contributed by atoms with Crippen LogP contribution in [0.15, 0.2) is 63.8 Å². The van der Waals surface area contributed by atoms with E-state index in [-0.39, 0.29) is 23.3 Å². The number of para-hydroxylation sites is 1. The molecule has 2 N–H and O–H groups in total. The molecule has 160 valence electrons. The van der Waals surface area contributed by atoms with Crippen molar-refractivity contribution in [3.05, 3.63) is 76.4 Å². The number of hydrogen-bond donors (Lipinski definition) is 2. The van der Waals surface area contributed by atoms with Crippen LogP contribution in [0.2, 0.25) is 0 Å². The highest BCUT2D eigenvalue weighted by atomic mass is 19.1. The third-order valence-corrected chi connectivity index (χ3v) is 5.18. The summed E-state index contributed by atoms with van der Waals surface area (Å²) in [6, 6.07) is 13.1. The highest BCUT2D eigenvalue weighted by molar-refractivity contribution is 5.93. The summed E-state index contributed by atoms with van der Waals surface area (Å²) >= 11 is 0. The highest BCUT2D eigenvalue weighted by Crippen LogP contribution is 2.22. The van der Waals surface area contributed by atoms with E-state index in [0.29, 0.717) is 29.5 Å². The lowest BCUT2D eigenvalue weighted by molar-refractivity contribution is 0.0702. The molecule has 0 radical (unpaired) electrons. The molecule has 2 atom stereocenters. The van der Waals surface area contributed by atoms with Gasteiger partial charge in [0.25, 0.3) is 5.91 Å². The predicted octanol–water partition coefficient (Wildman–Crippen LogP) is 4.22. The van der Waals surface area contributed by atoms with Gasteiger partial charge in [-0.25, -0.2) is 9.18 Å². The molecule has 1 saturated carbocycles. The Balaban J connectivity index is 1.35. The van der Waals surface area contributed by atoms with Crippen LogP contribution in [-0.2, 0) is 4.74 Å². The van der Waals surface area contributed by atoms with E-state index in [1.165, 1.54) is 30.3 Å². The molecule has 0 bridgehead atoms. The number of carbonyl (C=O) groups excluding carboxylic acids is 2. The van der Waals surface area contributed by atoms with E-state index in [1.54, 1.807) is 24.3 Å². The molecule has 1 aromatic heterocycles. The van der Waals surface area contributed by atoms with Crippen LogP contribution in [0.3, 0.4) is 0 Å². The van der Waals surface area contributed by atoms with E-state index in [1.807, 2.05) is 0 Å². The Labute approximate surface area is 177 Å². The van der Waals surface area contributed by atoms with Crippen molar-refractivity contribution in [2.75, 3.05) is 5.32 Å². The largest absolute Gasteiger partial charge is 0.451 e. The Morgan fingerprint density at radius 3 is 2.65 bits per heavy atom. The number of hydrogen-bond acceptors (Lipinski definition) is 5. The van der Waals surface area contributed by atoms with Crippen LogP contribution in [0.25, 0.3) is 11.0 Å². The molecular formula is C23H21FN2O5. The van der Waals surface area contributed by atoms with Gasteiger partial charge in [0.1, 0.15) is 17.5 Å². The summed E-state index contributed by atoms with van der Waals surface area (Å²) in [4.78, 5) is 36.9. The molecule has 8 heteroatoms. The summed E-state index contributed by atoms with van der Waals surface area (Å²) in [7, 11) is 0. The number of amides is 2. The van der Waals surface area contributed by atoms with Crippen molar-refractivity contribution in [1.29, 1.82) is 0 Å². The van der Waals surface area contributed by atoms with Crippen LogP contribution in [0, 0.1) is 5.82 Å². The maximum Gasteiger partial charge on any atom is 0.411 e. The number of fused-ring (bicyclic) bond motifs is 1. The maximum atomic E-state index is 13.0. The third kappa shape index (κ3) is 5.09. The van der Waals surface area contributed by atoms with Crippen LogP contribution < -0.4 is 16.1 Å². The zero-order chi connectivity index (χ0) is 21.8. The molecule has 1 fully saturated rings. The van der Waals surface area contributed by atoms with Gasteiger partial charge in [0.05, 0.1) is 5.39 Å². The van der Waals surface area contributed by atoms with Gasteiger partial charge in [-0.05, 0) is 55.7 Å². The Hall–Kier alpha value is -3.68. The van der Waals surface area contributed by atoms with Gasteiger partial charge in [-0.2, -0.15) is 0 Å². The Morgan fingerprint density at radius 1 is 1.06 bits per heavy atom. The normalized spacial score (nSPS) is 18.4. The van der Waals surface area contributed by atoms with Gasteiger partial charge in [0.15, 0.2) is 11.2 Å². The van der Waals surface area contributed by atoms with Crippen molar-refractivity contribution in [2.45, 2.75) is 37.8 Å². The van der Waals surface area contributed by atoms with Gasteiger partial charge in [0.2, 0.25) is 0 Å². The zero-order valence-corrected chi connectivity index (χ0v) is 16.6. The maximum absolute atomic E-state index is 13.0. The van der Waals surface area contributed by atoms with Crippen LogP contribution in [0.5, 0.6) is 0 Å². The van der Waals surface area contributed by atoms with E-state index in [4.69, 9.17) is 9.15 Å². The van der Waals surface area contributed by atoms with Gasteiger partial charge >= 0.3 is 6.09 Å². The number of ether oxygens (including phenoxy) is 1. The molecule has 0 saturated heterocycles. The summed E-state index contributed by atoms with van der Waals surface area (Å²) < 4.78 is 24.0. The second kappa shape index (κ2) is 8.99. The SMILES string of the molecule is O=C(Nc1ccc(F)cc1)O[C@H]1CCC[C@@H](NC(=O)c2cc(=O)c3ccccc3o2)C1. The minimum atomic E-state index is -0.635. The fourth-order valence-corrected chi connectivity index (χ4v) is 3.69. The van der Waals surface area contributed by atoms with E-state index < -0.39 is 17.8 Å². The molecule has 7 nitrogen and oxygen atoms in total. The molecule has 2 amide bonds. The molecule has 0 spiro atoms. The second-order valence-corrected chi connectivity index (χ2v) is 7.47. The topological polar surface area (TPSA) is 97.6 Å². The molecule has 31 heavy (non-hydrogen) atoms. The fourth-order valence-electron chi connectivity index (χ4n) is 3.69. The van der Waals surface area contributed by atoms with Crippen LogP contribution in [0.1, 0.15) is 36.2 Å². The average Bonchev–Trinajstić information content (AvgIpc) is 2.75. The van der Waals surface area contributed by atoms with Gasteiger partial charge in [-0.15, -0.1) is 0 Å². The zero-order valence-electron chi connectivity index (χ0n) is 16.6. The standard InChI is InChI=1S/C23H21FN2O5/c24-14-8-10-15(11-9-14)26-23(29)30-17-5-3-4-16(12-17)25-22(28)21-13-19(27)18-6-1-2-7-20(18)31-21/h1-2,6-11,13,16-17H,3-5,12H2,(H,25,28)(H,26,29)/t16-,17+/m1/s1. The van der Waals surface area contributed by atoms with Crippen LogP contribution >= 0.6 is 0 Å². The van der Waals surface area contributed by atoms with E-state index >= 15 is 0 Å². The molecule has 1 aliphatic carbocycles. The fraction of sp³-hybridized carbons (Fsp3) is 0.261. The Bertz CT molecular complexity index is 1160. The Morgan fingerprint density at radius 2 is 1.84 bits per heavy atom. The van der Waals surface area contributed by atoms with Crippen molar-refractivity contribution in [1.82, 2.24) is 5.32 Å². The first kappa shape index (κ1) is 20.6. The van der Waals surface area contributed by atoms with E-state index in [2.05, 4.69) is 10.6 Å². The van der Waals surface area contributed by atoms with Crippen LogP contribution in [0.4, 0.5) is 14.9 Å². The van der Waals surface area contributed by atoms with E-state index in [0.717, 1.165) is 12.8 Å². The number of rotatable bonds is 4. The van der Waals surface area contributed by atoms with Gasteiger partial charge in [0, 0.05) is 24.2 Å². The highest BCUT2D eigenvalue weighted by Gasteiger charge is 2.27. The lowest BCUT2D eigenvalue weighted by atomic mass is 9.92. The third-order valence-electron chi connectivity index (χ3n) is 5.18. The first-order valence-corrected chi connectivity index (χ1v) is 10.0. The quantitative estimate of drug-likeness (QED) is 0.654. The van der Waals surface area contributed by atoms with Crippen molar-refractivity contribution in [3.63, 3.8) is 0 Å². The summed E-state index contributed by atoms with van der Waals surface area (Å²) in [5.74, 6) is -0.933. The monoisotopic (exact) mass is 424 g/mol. The summed E-state index contributed by atoms with van der Waals surface area (Å²) in [6.45, 7) is 0. The smallest absolute Gasteiger partial charge is 0.411 e. The number of nitrogens with one attached hydrogen (secondary N) is 2.